The molecule has 0 aromatic carbocycles. The molecule has 4 nitrogen and oxygen atoms in total. The number of halogens is 3. The summed E-state index contributed by atoms with van der Waals surface area (Å²) >= 11 is 0. The second-order valence-electron chi connectivity index (χ2n) is 3.76. The maximum Gasteiger partial charge on any atom is 0.411 e. The van der Waals surface area contributed by atoms with Crippen LogP contribution in [0.5, 0.6) is 0 Å². The van der Waals surface area contributed by atoms with Crippen LogP contribution in [0.25, 0.3) is 0 Å². The average Bonchev–Trinajstić information content (AvgIpc) is 2.15. The molecular formula is C10H18F3NO3. The van der Waals surface area contributed by atoms with E-state index in [4.69, 9.17) is 5.11 Å². The maximum absolute atomic E-state index is 11.7. The summed E-state index contributed by atoms with van der Waals surface area (Å²) in [5, 5.41) is 8.83. The zero-order valence-corrected chi connectivity index (χ0v) is 9.96. The van der Waals surface area contributed by atoms with Crippen LogP contribution in [0, 0.1) is 0 Å². The Hall–Kier alpha value is -0.820. The van der Waals surface area contributed by atoms with Gasteiger partial charge in [-0.1, -0.05) is 6.92 Å². The second kappa shape index (κ2) is 7.50. The van der Waals surface area contributed by atoms with Crippen molar-refractivity contribution in [1.82, 2.24) is 4.90 Å². The van der Waals surface area contributed by atoms with E-state index in [9.17, 15) is 18.0 Å². The lowest BCUT2D eigenvalue weighted by atomic mass is 10.2. The fourth-order valence-electron chi connectivity index (χ4n) is 1.43. The van der Waals surface area contributed by atoms with Gasteiger partial charge in [0.2, 0.25) is 0 Å². The lowest BCUT2D eigenvalue weighted by Crippen LogP contribution is -2.38. The van der Waals surface area contributed by atoms with E-state index in [-0.39, 0.29) is 6.61 Å². The molecule has 0 heterocycles. The number of aliphatic carboxylic acids is 1. The highest BCUT2D eigenvalue weighted by Crippen LogP contribution is 2.14. The lowest BCUT2D eigenvalue weighted by molar-refractivity contribution is -0.174. The van der Waals surface area contributed by atoms with Gasteiger partial charge in [0.15, 0.2) is 0 Å². The highest BCUT2D eigenvalue weighted by molar-refractivity contribution is 5.73. The standard InChI is InChI=1S/C10H18F3NO3/c1-3-8(9(15)16)14(2)5-4-6-17-7-10(11,12)13/h8H,3-7H2,1-2H3,(H,15,16). The average molecular weight is 257 g/mol. The van der Waals surface area contributed by atoms with Crippen LogP contribution in [0.3, 0.4) is 0 Å². The van der Waals surface area contributed by atoms with E-state index in [0.29, 0.717) is 19.4 Å². The van der Waals surface area contributed by atoms with Crippen molar-refractivity contribution in [3.8, 4) is 0 Å². The first-order chi connectivity index (χ1) is 7.78. The summed E-state index contributed by atoms with van der Waals surface area (Å²) in [6.07, 6.45) is -3.48. The first kappa shape index (κ1) is 16.2. The van der Waals surface area contributed by atoms with Crippen LogP contribution >= 0.6 is 0 Å². The van der Waals surface area contributed by atoms with Gasteiger partial charge < -0.3 is 9.84 Å². The predicted octanol–water partition coefficient (Wildman–Crippen LogP) is 1.75. The fourth-order valence-corrected chi connectivity index (χ4v) is 1.43. The van der Waals surface area contributed by atoms with Crippen molar-refractivity contribution >= 4 is 5.97 Å². The number of ether oxygens (including phenoxy) is 1. The minimum atomic E-state index is -4.31. The summed E-state index contributed by atoms with van der Waals surface area (Å²) in [7, 11) is 1.63. The van der Waals surface area contributed by atoms with E-state index >= 15 is 0 Å². The van der Waals surface area contributed by atoms with Gasteiger partial charge in [0.1, 0.15) is 12.6 Å². The van der Waals surface area contributed by atoms with Crippen molar-refractivity contribution in [3.05, 3.63) is 0 Å². The first-order valence-electron chi connectivity index (χ1n) is 5.35. The zero-order chi connectivity index (χ0) is 13.5. The van der Waals surface area contributed by atoms with Crippen molar-refractivity contribution in [3.63, 3.8) is 0 Å². The molecule has 0 aliphatic rings. The Labute approximate surface area is 98.3 Å². The summed E-state index contributed by atoms with van der Waals surface area (Å²) in [5.74, 6) is -0.925. The van der Waals surface area contributed by atoms with Gasteiger partial charge in [0, 0.05) is 13.2 Å². The van der Waals surface area contributed by atoms with Crippen molar-refractivity contribution in [1.29, 1.82) is 0 Å². The molecule has 0 saturated carbocycles. The van der Waals surface area contributed by atoms with Gasteiger partial charge in [-0.3, -0.25) is 9.69 Å². The maximum atomic E-state index is 11.7. The number of nitrogens with zero attached hydrogens (tertiary/aromatic N) is 1. The molecule has 7 heteroatoms. The monoisotopic (exact) mass is 257 g/mol. The van der Waals surface area contributed by atoms with Gasteiger partial charge in [-0.15, -0.1) is 0 Å². The molecule has 1 N–H and O–H groups in total. The van der Waals surface area contributed by atoms with Gasteiger partial charge in [-0.25, -0.2) is 0 Å². The molecule has 17 heavy (non-hydrogen) atoms. The summed E-state index contributed by atoms with van der Waals surface area (Å²) in [6, 6.07) is -0.599. The van der Waals surface area contributed by atoms with Gasteiger partial charge in [0.05, 0.1) is 0 Å². The molecule has 0 radical (unpaired) electrons. The third-order valence-corrected chi connectivity index (χ3v) is 2.27. The second-order valence-corrected chi connectivity index (χ2v) is 3.76. The van der Waals surface area contributed by atoms with Gasteiger partial charge >= 0.3 is 12.1 Å². The molecule has 1 unspecified atom stereocenters. The normalized spacial score (nSPS) is 14.0. The number of likely N-dealkylation sites (N-methyl/N-ethyl adjacent to an activating group) is 1. The molecule has 0 aliphatic heterocycles. The predicted molar refractivity (Wildman–Crippen MR) is 55.8 cm³/mol. The third-order valence-electron chi connectivity index (χ3n) is 2.27. The van der Waals surface area contributed by atoms with Crippen LogP contribution in [0.4, 0.5) is 13.2 Å². The summed E-state index contributed by atoms with van der Waals surface area (Å²) in [5.41, 5.74) is 0. The summed E-state index contributed by atoms with van der Waals surface area (Å²) < 4.78 is 39.6. The Morgan fingerprint density at radius 1 is 1.47 bits per heavy atom. The molecule has 102 valence electrons. The molecule has 0 aromatic rings. The van der Waals surface area contributed by atoms with Crippen molar-refractivity contribution in [2.75, 3.05) is 26.8 Å². The van der Waals surface area contributed by atoms with Crippen molar-refractivity contribution < 1.29 is 27.8 Å². The number of carboxylic acids is 1. The van der Waals surface area contributed by atoms with E-state index in [0.717, 1.165) is 0 Å². The highest BCUT2D eigenvalue weighted by atomic mass is 19.4. The Kier molecular flexibility index (Phi) is 7.13. The molecule has 0 bridgehead atoms. The van der Waals surface area contributed by atoms with Crippen LogP contribution in [-0.4, -0.2) is 55.0 Å². The Bertz CT molecular complexity index is 233. The van der Waals surface area contributed by atoms with Crippen LogP contribution in [0.15, 0.2) is 0 Å². The molecular weight excluding hydrogens is 239 g/mol. The molecule has 0 aromatic heterocycles. The highest BCUT2D eigenvalue weighted by Gasteiger charge is 2.27. The van der Waals surface area contributed by atoms with Gasteiger partial charge in [-0.05, 0) is 19.9 Å². The quantitative estimate of drug-likeness (QED) is 0.673. The summed E-state index contributed by atoms with van der Waals surface area (Å²) in [6.45, 7) is 0.852. The molecule has 0 rings (SSSR count). The Morgan fingerprint density at radius 2 is 2.06 bits per heavy atom. The number of hydrogen-bond acceptors (Lipinski definition) is 3. The minimum absolute atomic E-state index is 0.0279. The van der Waals surface area contributed by atoms with E-state index in [1.54, 1.807) is 18.9 Å². The molecule has 0 amide bonds. The van der Waals surface area contributed by atoms with Crippen LogP contribution < -0.4 is 0 Å². The van der Waals surface area contributed by atoms with Crippen LogP contribution in [-0.2, 0) is 9.53 Å². The molecule has 0 saturated heterocycles. The van der Waals surface area contributed by atoms with E-state index in [1.807, 2.05) is 0 Å². The van der Waals surface area contributed by atoms with Gasteiger partial charge in [-0.2, -0.15) is 13.2 Å². The molecule has 1 atom stereocenters. The molecule has 0 aliphatic carbocycles. The number of rotatable bonds is 8. The largest absolute Gasteiger partial charge is 0.480 e. The van der Waals surface area contributed by atoms with Crippen LogP contribution in [0.1, 0.15) is 19.8 Å². The first-order valence-corrected chi connectivity index (χ1v) is 5.35. The van der Waals surface area contributed by atoms with E-state index < -0.39 is 24.8 Å². The Morgan fingerprint density at radius 3 is 2.47 bits per heavy atom. The van der Waals surface area contributed by atoms with E-state index in [2.05, 4.69) is 4.74 Å². The minimum Gasteiger partial charge on any atom is -0.480 e. The zero-order valence-electron chi connectivity index (χ0n) is 9.96. The smallest absolute Gasteiger partial charge is 0.411 e. The number of alkyl halides is 3. The third kappa shape index (κ3) is 7.98. The Balaban J connectivity index is 3.71. The van der Waals surface area contributed by atoms with Crippen molar-refractivity contribution in [2.45, 2.75) is 32.0 Å². The topological polar surface area (TPSA) is 49.8 Å². The molecule has 0 spiro atoms. The number of carboxylic acid groups (broad SMARTS) is 1. The van der Waals surface area contributed by atoms with Crippen LogP contribution in [0.2, 0.25) is 0 Å². The number of carbonyl (C=O) groups is 1. The lowest BCUT2D eigenvalue weighted by Gasteiger charge is -2.23. The van der Waals surface area contributed by atoms with E-state index in [1.165, 1.54) is 0 Å². The van der Waals surface area contributed by atoms with Gasteiger partial charge in [0.25, 0.3) is 0 Å². The number of hydrogen-bond donors (Lipinski definition) is 1. The van der Waals surface area contributed by atoms with Crippen molar-refractivity contribution in [2.24, 2.45) is 0 Å². The molecule has 0 fully saturated rings. The SMILES string of the molecule is CCC(C(=O)O)N(C)CCCOCC(F)(F)F. The fraction of sp³-hybridized carbons (Fsp3) is 0.900. The summed E-state index contributed by atoms with van der Waals surface area (Å²) in [4.78, 5) is 12.4.